The van der Waals surface area contributed by atoms with Crippen molar-refractivity contribution in [3.63, 3.8) is 0 Å². The minimum absolute atomic E-state index is 0.0937. The van der Waals surface area contributed by atoms with E-state index in [4.69, 9.17) is 34.7 Å². The van der Waals surface area contributed by atoms with Crippen LogP contribution in [-0.2, 0) is 29.7 Å². The van der Waals surface area contributed by atoms with Crippen LogP contribution < -0.4 is 16.2 Å². The molecule has 2 aromatic heterocycles. The molecule has 1 saturated heterocycles. The van der Waals surface area contributed by atoms with Gasteiger partial charge in [-0.2, -0.15) is 10.4 Å². The van der Waals surface area contributed by atoms with Gasteiger partial charge in [-0.1, -0.05) is 122 Å². The van der Waals surface area contributed by atoms with E-state index in [9.17, 15) is 14.7 Å². The monoisotopic (exact) mass is 812 g/mol. The standard InChI is InChI=1S/C43H69N6O7P/c1-4-5-6-7-8-9-10-11-12-13-14-15-16-17-18-19-20-21-37(52-30-35-22-23-36(29-44)41(28-35)55-34(2)3)31-53-57(50,51)54-32-43(46)27-26-40(56-43)38-24-25-39-42(45)47-33-48-49(38)39/h22-25,28,33-34,37,40H,4-21,26-27,30-32,46H2,1-3H3,(H,50,51)(H2,45,47,48)/t37-,40-,43+/m1/s1. The van der Waals surface area contributed by atoms with Crippen molar-refractivity contribution in [2.75, 3.05) is 18.9 Å². The number of hydrogen-bond acceptors (Lipinski definition) is 11. The van der Waals surface area contributed by atoms with Crippen LogP contribution in [0.2, 0.25) is 0 Å². The van der Waals surface area contributed by atoms with E-state index < -0.39 is 25.8 Å². The molecule has 0 spiro atoms. The van der Waals surface area contributed by atoms with E-state index in [0.29, 0.717) is 41.9 Å². The molecule has 1 aromatic carbocycles. The molecule has 1 unspecified atom stereocenters. The summed E-state index contributed by atoms with van der Waals surface area (Å²) in [6.07, 6.45) is 23.9. The quantitative estimate of drug-likeness (QED) is 0.0427. The number of phosphoric ester groups is 1. The number of phosphoric acid groups is 1. The second-order valence-electron chi connectivity index (χ2n) is 15.9. The largest absolute Gasteiger partial charge is 0.490 e. The molecule has 3 aromatic rings. The second kappa shape index (κ2) is 24.8. The molecule has 14 heteroatoms. The van der Waals surface area contributed by atoms with Crippen molar-refractivity contribution < 1.29 is 32.7 Å². The first-order valence-electron chi connectivity index (χ1n) is 21.5. The van der Waals surface area contributed by atoms with Crippen molar-refractivity contribution >= 4 is 19.2 Å². The predicted octanol–water partition coefficient (Wildman–Crippen LogP) is 10.2. The third-order valence-corrected chi connectivity index (χ3v) is 11.5. The fourth-order valence-corrected chi connectivity index (χ4v) is 8.15. The summed E-state index contributed by atoms with van der Waals surface area (Å²) in [5, 5.41) is 13.8. The minimum Gasteiger partial charge on any atom is -0.490 e. The van der Waals surface area contributed by atoms with Gasteiger partial charge in [0, 0.05) is 0 Å². The fraction of sp³-hybridized carbons (Fsp3) is 0.698. The maximum absolute atomic E-state index is 13.1. The van der Waals surface area contributed by atoms with Crippen molar-refractivity contribution in [1.82, 2.24) is 14.6 Å². The Balaban J connectivity index is 1.20. The average molecular weight is 813 g/mol. The van der Waals surface area contributed by atoms with Gasteiger partial charge >= 0.3 is 7.82 Å². The molecule has 0 bridgehead atoms. The third kappa shape index (κ3) is 16.6. The van der Waals surface area contributed by atoms with Gasteiger partial charge in [0.1, 0.15) is 42.1 Å². The molecule has 0 radical (unpaired) electrons. The first-order chi connectivity index (χ1) is 27.5. The summed E-state index contributed by atoms with van der Waals surface area (Å²) in [4.78, 5) is 14.7. The van der Waals surface area contributed by atoms with Crippen molar-refractivity contribution in [2.45, 2.75) is 180 Å². The Morgan fingerprint density at radius 2 is 1.60 bits per heavy atom. The number of nitrogen functional groups attached to an aromatic ring is 1. The lowest BCUT2D eigenvalue weighted by atomic mass is 10.0. The smallest absolute Gasteiger partial charge is 0.472 e. The third-order valence-electron chi connectivity index (χ3n) is 10.6. The van der Waals surface area contributed by atoms with E-state index in [2.05, 4.69) is 23.1 Å². The number of anilines is 1. The Labute approximate surface area is 340 Å². The van der Waals surface area contributed by atoms with E-state index in [1.165, 1.54) is 96.2 Å². The van der Waals surface area contributed by atoms with Crippen LogP contribution in [0.15, 0.2) is 36.7 Å². The van der Waals surface area contributed by atoms with E-state index in [1.807, 2.05) is 32.0 Å². The van der Waals surface area contributed by atoms with Gasteiger partial charge in [-0.25, -0.2) is 14.1 Å². The van der Waals surface area contributed by atoms with Gasteiger partial charge in [-0.15, -0.1) is 0 Å². The summed E-state index contributed by atoms with van der Waals surface area (Å²) in [5.41, 5.74) is 13.9. The topological polar surface area (TPSA) is 189 Å². The molecule has 1 fully saturated rings. The van der Waals surface area contributed by atoms with E-state index >= 15 is 0 Å². The second-order valence-corrected chi connectivity index (χ2v) is 17.4. The highest BCUT2D eigenvalue weighted by Crippen LogP contribution is 2.46. The van der Waals surface area contributed by atoms with Gasteiger partial charge in [-0.3, -0.25) is 9.05 Å². The SMILES string of the molecule is CCCCCCCCCCCCCCCCCCC[C@H](COP(=O)(O)OC[C@]1(N)CC[C@H](c2ccc3c(N)ncnn23)O1)OCc1ccc(C#N)c(OC(C)C)c1. The lowest BCUT2D eigenvalue weighted by molar-refractivity contribution is -0.0739. The fourth-order valence-electron chi connectivity index (χ4n) is 7.34. The predicted molar refractivity (Wildman–Crippen MR) is 223 cm³/mol. The normalized spacial score (nSPS) is 18.6. The summed E-state index contributed by atoms with van der Waals surface area (Å²) >= 11 is 0. The molecular weight excluding hydrogens is 743 g/mol. The number of unbranched alkanes of at least 4 members (excludes halogenated alkanes) is 16. The summed E-state index contributed by atoms with van der Waals surface area (Å²) in [5.74, 6) is 0.849. The highest BCUT2D eigenvalue weighted by Gasteiger charge is 2.41. The number of fused-ring (bicyclic) bond motifs is 1. The van der Waals surface area contributed by atoms with Crippen LogP contribution in [0.4, 0.5) is 5.82 Å². The molecule has 4 rings (SSSR count). The molecule has 3 heterocycles. The zero-order chi connectivity index (χ0) is 40.9. The molecule has 318 valence electrons. The maximum Gasteiger partial charge on any atom is 0.472 e. The van der Waals surface area contributed by atoms with E-state index in [0.717, 1.165) is 30.5 Å². The Bertz CT molecular complexity index is 1700. The van der Waals surface area contributed by atoms with Gasteiger partial charge in [0.25, 0.3) is 0 Å². The number of aromatic nitrogens is 3. The Morgan fingerprint density at radius 3 is 2.21 bits per heavy atom. The summed E-state index contributed by atoms with van der Waals surface area (Å²) < 4.78 is 43.9. The van der Waals surface area contributed by atoms with Crippen LogP contribution in [0.3, 0.4) is 0 Å². The lowest BCUT2D eigenvalue weighted by Crippen LogP contribution is -2.43. The van der Waals surface area contributed by atoms with Crippen LogP contribution in [0.25, 0.3) is 5.52 Å². The number of benzene rings is 1. The van der Waals surface area contributed by atoms with Crippen LogP contribution in [0, 0.1) is 11.3 Å². The summed E-state index contributed by atoms with van der Waals surface area (Å²) in [6.45, 7) is 5.82. The number of nitrogens with zero attached hydrogens (tertiary/aromatic N) is 4. The van der Waals surface area contributed by atoms with Crippen LogP contribution in [-0.4, -0.2) is 50.6 Å². The summed E-state index contributed by atoms with van der Waals surface area (Å²) in [6, 6.07) is 11.2. The Hall–Kier alpha value is -3.08. The van der Waals surface area contributed by atoms with Crippen molar-refractivity contribution in [3.05, 3.63) is 53.5 Å². The van der Waals surface area contributed by atoms with E-state index in [-0.39, 0.29) is 25.9 Å². The number of hydrogen-bond donors (Lipinski definition) is 3. The Kier molecular flexibility index (Phi) is 20.2. The van der Waals surface area contributed by atoms with Crippen LogP contribution >= 0.6 is 7.82 Å². The Morgan fingerprint density at radius 1 is 0.965 bits per heavy atom. The number of ether oxygens (including phenoxy) is 3. The zero-order valence-electron chi connectivity index (χ0n) is 34.7. The molecule has 1 aliphatic rings. The van der Waals surface area contributed by atoms with Crippen LogP contribution in [0.5, 0.6) is 5.75 Å². The minimum atomic E-state index is -4.51. The molecule has 4 atom stereocenters. The molecule has 0 saturated carbocycles. The molecule has 0 aliphatic carbocycles. The highest BCUT2D eigenvalue weighted by atomic mass is 31.2. The van der Waals surface area contributed by atoms with E-state index in [1.54, 1.807) is 16.6 Å². The van der Waals surface area contributed by atoms with Crippen molar-refractivity contribution in [2.24, 2.45) is 5.73 Å². The average Bonchev–Trinajstić information content (AvgIpc) is 3.80. The molecule has 57 heavy (non-hydrogen) atoms. The van der Waals surface area contributed by atoms with Crippen molar-refractivity contribution in [3.8, 4) is 11.8 Å². The highest BCUT2D eigenvalue weighted by molar-refractivity contribution is 7.47. The van der Waals surface area contributed by atoms with Gasteiger partial charge < -0.3 is 30.6 Å². The molecular formula is C43H69N6O7P. The summed E-state index contributed by atoms with van der Waals surface area (Å²) in [7, 11) is -4.51. The first kappa shape index (κ1) is 46.6. The van der Waals surface area contributed by atoms with Gasteiger partial charge in [0.15, 0.2) is 5.82 Å². The lowest BCUT2D eigenvalue weighted by Gasteiger charge is -2.26. The molecule has 0 amide bonds. The number of nitriles is 1. The molecule has 5 N–H and O–H groups in total. The molecule has 13 nitrogen and oxygen atoms in total. The maximum atomic E-state index is 13.1. The number of rotatable bonds is 30. The zero-order valence-corrected chi connectivity index (χ0v) is 35.6. The molecule has 1 aliphatic heterocycles. The van der Waals surface area contributed by atoms with Gasteiger partial charge in [0.05, 0.1) is 36.7 Å². The van der Waals surface area contributed by atoms with Gasteiger partial charge in [0.2, 0.25) is 0 Å². The van der Waals surface area contributed by atoms with Crippen LogP contribution in [0.1, 0.15) is 172 Å². The van der Waals surface area contributed by atoms with Crippen molar-refractivity contribution in [1.29, 1.82) is 5.26 Å². The first-order valence-corrected chi connectivity index (χ1v) is 23.0. The number of nitrogens with two attached hydrogens (primary N) is 2. The van der Waals surface area contributed by atoms with Gasteiger partial charge in [-0.05, 0) is 62.9 Å².